The highest BCUT2D eigenvalue weighted by Gasteiger charge is 2.24. The van der Waals surface area contributed by atoms with Gasteiger partial charge in [0, 0.05) is 12.5 Å². The van der Waals surface area contributed by atoms with Crippen LogP contribution < -0.4 is 4.74 Å². The van der Waals surface area contributed by atoms with Crippen LogP contribution in [0.25, 0.3) is 0 Å². The smallest absolute Gasteiger partial charge is 0.119 e. The molecular weight excluding hydrogens is 240 g/mol. The summed E-state index contributed by atoms with van der Waals surface area (Å²) in [5.41, 5.74) is 1.35. The summed E-state index contributed by atoms with van der Waals surface area (Å²) in [7, 11) is 0. The first-order valence-corrected chi connectivity index (χ1v) is 6.96. The molecule has 1 aliphatic rings. The van der Waals surface area contributed by atoms with Crippen molar-refractivity contribution in [2.75, 3.05) is 19.8 Å². The van der Waals surface area contributed by atoms with E-state index in [0.717, 1.165) is 18.8 Å². The van der Waals surface area contributed by atoms with Crippen molar-refractivity contribution in [2.24, 2.45) is 5.92 Å². The minimum Gasteiger partial charge on any atom is -0.491 e. The molecule has 2 atom stereocenters. The van der Waals surface area contributed by atoms with Crippen molar-refractivity contribution in [1.82, 2.24) is 0 Å². The standard InChI is InChI=1S/C16H24O3/c1-16(2,3)13-5-4-6-14(9-13)19-11-15(17)12-7-8-18-10-12/h4-6,9,12,15,17H,7-8,10-11H2,1-3H3. The van der Waals surface area contributed by atoms with Crippen LogP contribution in [0.4, 0.5) is 0 Å². The number of aliphatic hydroxyl groups is 1. The van der Waals surface area contributed by atoms with Crippen molar-refractivity contribution in [3.8, 4) is 5.75 Å². The summed E-state index contributed by atoms with van der Waals surface area (Å²) >= 11 is 0. The van der Waals surface area contributed by atoms with Gasteiger partial charge in [0.25, 0.3) is 0 Å². The molecule has 1 aromatic carbocycles. The van der Waals surface area contributed by atoms with Crippen LogP contribution in [0.5, 0.6) is 5.75 Å². The van der Waals surface area contributed by atoms with Gasteiger partial charge in [-0.2, -0.15) is 0 Å². The molecule has 1 fully saturated rings. The number of aliphatic hydroxyl groups excluding tert-OH is 1. The minimum absolute atomic E-state index is 0.108. The third-order valence-corrected chi connectivity index (χ3v) is 3.63. The van der Waals surface area contributed by atoms with Crippen LogP contribution in [0, 0.1) is 5.92 Å². The molecule has 1 saturated heterocycles. The van der Waals surface area contributed by atoms with Gasteiger partial charge in [-0.3, -0.25) is 0 Å². The van der Waals surface area contributed by atoms with Crippen LogP contribution in [0.1, 0.15) is 32.8 Å². The Hall–Kier alpha value is -1.06. The number of rotatable bonds is 4. The zero-order valence-corrected chi connectivity index (χ0v) is 12.1. The lowest BCUT2D eigenvalue weighted by Gasteiger charge is -2.21. The second-order valence-electron chi connectivity index (χ2n) is 6.28. The van der Waals surface area contributed by atoms with Crippen molar-refractivity contribution in [2.45, 2.75) is 38.7 Å². The number of ether oxygens (including phenoxy) is 2. The molecule has 106 valence electrons. The summed E-state index contributed by atoms with van der Waals surface area (Å²) < 4.78 is 11.0. The molecule has 19 heavy (non-hydrogen) atoms. The Balaban J connectivity index is 1.92. The monoisotopic (exact) mass is 264 g/mol. The third kappa shape index (κ3) is 3.95. The van der Waals surface area contributed by atoms with Crippen molar-refractivity contribution >= 4 is 0 Å². The lowest BCUT2D eigenvalue weighted by Crippen LogP contribution is -2.27. The van der Waals surface area contributed by atoms with E-state index < -0.39 is 6.10 Å². The van der Waals surface area contributed by atoms with Crippen molar-refractivity contribution < 1.29 is 14.6 Å². The van der Waals surface area contributed by atoms with Gasteiger partial charge in [0.15, 0.2) is 0 Å². The molecule has 0 aliphatic carbocycles. The van der Waals surface area contributed by atoms with Crippen LogP contribution >= 0.6 is 0 Å². The van der Waals surface area contributed by atoms with Gasteiger partial charge < -0.3 is 14.6 Å². The molecule has 0 bridgehead atoms. The SMILES string of the molecule is CC(C)(C)c1cccc(OCC(O)C2CCOC2)c1. The zero-order valence-electron chi connectivity index (χ0n) is 12.1. The van der Waals surface area contributed by atoms with Gasteiger partial charge in [0.1, 0.15) is 12.4 Å². The molecule has 0 aromatic heterocycles. The Bertz CT molecular complexity index is 403. The zero-order chi connectivity index (χ0) is 13.9. The van der Waals surface area contributed by atoms with Crippen LogP contribution in [0.2, 0.25) is 0 Å². The van der Waals surface area contributed by atoms with Crippen LogP contribution in [-0.4, -0.2) is 31.0 Å². The molecular formula is C16H24O3. The highest BCUT2D eigenvalue weighted by molar-refractivity contribution is 5.32. The van der Waals surface area contributed by atoms with Crippen molar-refractivity contribution in [3.63, 3.8) is 0 Å². The van der Waals surface area contributed by atoms with Gasteiger partial charge in [-0.25, -0.2) is 0 Å². The molecule has 2 unspecified atom stereocenters. The lowest BCUT2D eigenvalue weighted by molar-refractivity contribution is 0.0499. The van der Waals surface area contributed by atoms with Gasteiger partial charge >= 0.3 is 0 Å². The van der Waals surface area contributed by atoms with Gasteiger partial charge in [-0.1, -0.05) is 32.9 Å². The first-order chi connectivity index (χ1) is 8.97. The van der Waals surface area contributed by atoms with Crippen LogP contribution in [0.3, 0.4) is 0 Å². The molecule has 1 aromatic rings. The predicted octanol–water partition coefficient (Wildman–Crippen LogP) is 2.76. The highest BCUT2D eigenvalue weighted by atomic mass is 16.5. The lowest BCUT2D eigenvalue weighted by atomic mass is 9.87. The third-order valence-electron chi connectivity index (χ3n) is 3.63. The Morgan fingerprint density at radius 2 is 2.21 bits per heavy atom. The maximum atomic E-state index is 10.0. The van der Waals surface area contributed by atoms with Crippen LogP contribution in [0.15, 0.2) is 24.3 Å². The average molecular weight is 264 g/mol. The molecule has 1 N–H and O–H groups in total. The van der Waals surface area contributed by atoms with E-state index in [1.54, 1.807) is 0 Å². The second kappa shape index (κ2) is 5.93. The van der Waals surface area contributed by atoms with Gasteiger partial charge in [-0.15, -0.1) is 0 Å². The van der Waals surface area contributed by atoms with Gasteiger partial charge in [0.05, 0.1) is 12.7 Å². The average Bonchev–Trinajstić information content (AvgIpc) is 2.89. The predicted molar refractivity (Wildman–Crippen MR) is 75.6 cm³/mol. The Labute approximate surface area is 115 Å². The first kappa shape index (κ1) is 14.4. The van der Waals surface area contributed by atoms with Crippen molar-refractivity contribution in [1.29, 1.82) is 0 Å². The number of benzene rings is 1. The van der Waals surface area contributed by atoms with Crippen LogP contribution in [-0.2, 0) is 10.2 Å². The molecule has 1 heterocycles. The summed E-state index contributed by atoms with van der Waals surface area (Å²) in [6.45, 7) is 8.26. The second-order valence-corrected chi connectivity index (χ2v) is 6.28. The molecule has 0 radical (unpaired) electrons. The largest absolute Gasteiger partial charge is 0.491 e. The summed E-state index contributed by atoms with van der Waals surface area (Å²) in [6.07, 6.45) is 0.479. The van der Waals surface area contributed by atoms with E-state index in [-0.39, 0.29) is 11.3 Å². The topological polar surface area (TPSA) is 38.7 Å². The summed E-state index contributed by atoms with van der Waals surface area (Å²) in [5.74, 6) is 1.04. The quantitative estimate of drug-likeness (QED) is 0.909. The molecule has 0 amide bonds. The first-order valence-electron chi connectivity index (χ1n) is 6.96. The van der Waals surface area contributed by atoms with E-state index in [1.807, 2.05) is 12.1 Å². The molecule has 0 spiro atoms. The fourth-order valence-electron chi connectivity index (χ4n) is 2.23. The molecule has 0 saturated carbocycles. The molecule has 2 rings (SSSR count). The molecule has 1 aliphatic heterocycles. The Morgan fingerprint density at radius 1 is 1.42 bits per heavy atom. The maximum absolute atomic E-state index is 10.0. The van der Waals surface area contributed by atoms with E-state index in [0.29, 0.717) is 13.2 Å². The summed E-state index contributed by atoms with van der Waals surface area (Å²) in [5, 5.41) is 10.0. The van der Waals surface area contributed by atoms with Crippen molar-refractivity contribution in [3.05, 3.63) is 29.8 Å². The number of hydrogen-bond donors (Lipinski definition) is 1. The van der Waals surface area contributed by atoms with E-state index in [9.17, 15) is 5.11 Å². The summed E-state index contributed by atoms with van der Waals surface area (Å²) in [4.78, 5) is 0. The minimum atomic E-state index is -0.444. The van der Waals surface area contributed by atoms with E-state index in [2.05, 4.69) is 32.9 Å². The fourth-order valence-corrected chi connectivity index (χ4v) is 2.23. The summed E-state index contributed by atoms with van der Waals surface area (Å²) in [6, 6.07) is 8.10. The molecule has 3 nitrogen and oxygen atoms in total. The Morgan fingerprint density at radius 3 is 2.84 bits per heavy atom. The Kier molecular flexibility index (Phi) is 4.48. The van der Waals surface area contributed by atoms with E-state index >= 15 is 0 Å². The molecule has 3 heteroatoms. The van der Waals surface area contributed by atoms with E-state index in [4.69, 9.17) is 9.47 Å². The van der Waals surface area contributed by atoms with Gasteiger partial charge in [0.2, 0.25) is 0 Å². The highest BCUT2D eigenvalue weighted by Crippen LogP contribution is 2.26. The maximum Gasteiger partial charge on any atom is 0.119 e. The fraction of sp³-hybridized carbons (Fsp3) is 0.625. The number of hydrogen-bond acceptors (Lipinski definition) is 3. The normalized spacial score (nSPS) is 21.4. The van der Waals surface area contributed by atoms with Gasteiger partial charge in [-0.05, 0) is 29.5 Å². The van der Waals surface area contributed by atoms with E-state index in [1.165, 1.54) is 5.56 Å².